The van der Waals surface area contributed by atoms with Crippen LogP contribution in [0, 0.1) is 0 Å². The first-order valence-electron chi connectivity index (χ1n) is 4.91. The Morgan fingerprint density at radius 3 is 2.79 bits per heavy atom. The van der Waals surface area contributed by atoms with E-state index in [9.17, 15) is 4.39 Å². The predicted octanol–water partition coefficient (Wildman–Crippen LogP) is 1.54. The van der Waals surface area contributed by atoms with Gasteiger partial charge in [0.1, 0.15) is 12.0 Å². The maximum absolute atomic E-state index is 14.4. The summed E-state index contributed by atoms with van der Waals surface area (Å²) in [6, 6.07) is -0.0334. The summed E-state index contributed by atoms with van der Waals surface area (Å²) in [7, 11) is 0. The summed E-state index contributed by atoms with van der Waals surface area (Å²) in [5.74, 6) is 0. The second-order valence-electron chi connectivity index (χ2n) is 3.95. The standard InChI is InChI=1S/C10H14FN3/c11-10(3-1-2-9(12)4-10)8-5-13-7-14-6-8/h5-7,9H,1-4,12H2. The molecule has 0 radical (unpaired) electrons. The Morgan fingerprint density at radius 2 is 2.14 bits per heavy atom. The zero-order valence-corrected chi connectivity index (χ0v) is 7.99. The van der Waals surface area contributed by atoms with E-state index in [0.717, 1.165) is 12.8 Å². The molecule has 4 heteroatoms. The van der Waals surface area contributed by atoms with Crippen LogP contribution in [0.4, 0.5) is 4.39 Å². The Morgan fingerprint density at radius 1 is 1.43 bits per heavy atom. The highest BCUT2D eigenvalue weighted by Crippen LogP contribution is 2.39. The third kappa shape index (κ3) is 1.75. The fourth-order valence-electron chi connectivity index (χ4n) is 2.06. The summed E-state index contributed by atoms with van der Waals surface area (Å²) in [5, 5.41) is 0. The monoisotopic (exact) mass is 195 g/mol. The molecule has 3 nitrogen and oxygen atoms in total. The second-order valence-corrected chi connectivity index (χ2v) is 3.95. The van der Waals surface area contributed by atoms with Crippen molar-refractivity contribution in [2.24, 2.45) is 5.73 Å². The topological polar surface area (TPSA) is 51.8 Å². The molecule has 76 valence electrons. The van der Waals surface area contributed by atoms with Crippen LogP contribution in [0.25, 0.3) is 0 Å². The molecule has 0 amide bonds. The smallest absolute Gasteiger partial charge is 0.140 e. The van der Waals surface area contributed by atoms with Crippen molar-refractivity contribution in [3.63, 3.8) is 0 Å². The van der Waals surface area contributed by atoms with Gasteiger partial charge in [-0.2, -0.15) is 0 Å². The van der Waals surface area contributed by atoms with Crippen molar-refractivity contribution in [2.45, 2.75) is 37.4 Å². The Hall–Kier alpha value is -1.03. The molecule has 2 rings (SSSR count). The van der Waals surface area contributed by atoms with E-state index in [1.54, 1.807) is 12.4 Å². The van der Waals surface area contributed by atoms with Crippen LogP contribution >= 0.6 is 0 Å². The molecule has 1 aliphatic carbocycles. The van der Waals surface area contributed by atoms with Gasteiger partial charge in [0.05, 0.1) is 0 Å². The number of nitrogens with two attached hydrogens (primary N) is 1. The molecule has 0 aromatic carbocycles. The number of hydrogen-bond donors (Lipinski definition) is 1. The largest absolute Gasteiger partial charge is 0.328 e. The van der Waals surface area contributed by atoms with E-state index in [-0.39, 0.29) is 6.04 Å². The lowest BCUT2D eigenvalue weighted by molar-refractivity contribution is 0.0939. The fraction of sp³-hybridized carbons (Fsp3) is 0.600. The number of hydrogen-bond acceptors (Lipinski definition) is 3. The van der Waals surface area contributed by atoms with Gasteiger partial charge in [0, 0.05) is 30.4 Å². The lowest BCUT2D eigenvalue weighted by atomic mass is 9.80. The minimum Gasteiger partial charge on any atom is -0.328 e. The van der Waals surface area contributed by atoms with Crippen LogP contribution < -0.4 is 5.73 Å². The van der Waals surface area contributed by atoms with E-state index in [1.165, 1.54) is 6.33 Å². The van der Waals surface area contributed by atoms with Crippen LogP contribution in [0.5, 0.6) is 0 Å². The molecule has 0 saturated heterocycles. The molecule has 1 aromatic heterocycles. The second kappa shape index (κ2) is 3.61. The van der Waals surface area contributed by atoms with Gasteiger partial charge in [-0.15, -0.1) is 0 Å². The summed E-state index contributed by atoms with van der Waals surface area (Å²) < 4.78 is 14.4. The van der Waals surface area contributed by atoms with Gasteiger partial charge in [0.15, 0.2) is 0 Å². The van der Waals surface area contributed by atoms with Gasteiger partial charge in [-0.3, -0.25) is 0 Å². The van der Waals surface area contributed by atoms with Crippen LogP contribution in [0.15, 0.2) is 18.7 Å². The van der Waals surface area contributed by atoms with E-state index in [1.807, 2.05) is 0 Å². The summed E-state index contributed by atoms with van der Waals surface area (Å²) in [6.45, 7) is 0. The third-order valence-corrected chi connectivity index (χ3v) is 2.81. The average molecular weight is 195 g/mol. The van der Waals surface area contributed by atoms with E-state index < -0.39 is 5.67 Å². The lowest BCUT2D eigenvalue weighted by Crippen LogP contribution is -2.36. The van der Waals surface area contributed by atoms with Crippen molar-refractivity contribution in [3.05, 3.63) is 24.3 Å². The highest BCUT2D eigenvalue weighted by Gasteiger charge is 2.37. The van der Waals surface area contributed by atoms with Gasteiger partial charge in [-0.25, -0.2) is 14.4 Å². The average Bonchev–Trinajstić information content (AvgIpc) is 2.19. The first-order chi connectivity index (χ1) is 6.71. The van der Waals surface area contributed by atoms with Crippen molar-refractivity contribution in [1.29, 1.82) is 0 Å². The van der Waals surface area contributed by atoms with Gasteiger partial charge in [-0.05, 0) is 19.3 Å². The van der Waals surface area contributed by atoms with E-state index in [0.29, 0.717) is 18.4 Å². The molecule has 0 aliphatic heterocycles. The summed E-state index contributed by atoms with van der Waals surface area (Å²) in [4.78, 5) is 7.68. The molecule has 1 fully saturated rings. The molecular weight excluding hydrogens is 181 g/mol. The van der Waals surface area contributed by atoms with E-state index >= 15 is 0 Å². The zero-order valence-electron chi connectivity index (χ0n) is 7.99. The van der Waals surface area contributed by atoms with Crippen LogP contribution in [0.2, 0.25) is 0 Å². The maximum atomic E-state index is 14.4. The number of aromatic nitrogens is 2. The van der Waals surface area contributed by atoms with Crippen molar-refractivity contribution >= 4 is 0 Å². The first-order valence-corrected chi connectivity index (χ1v) is 4.91. The minimum absolute atomic E-state index is 0.0334. The van der Waals surface area contributed by atoms with Crippen molar-refractivity contribution < 1.29 is 4.39 Å². The Balaban J connectivity index is 2.23. The molecule has 0 spiro atoms. The lowest BCUT2D eigenvalue weighted by Gasteiger charge is -2.32. The molecule has 1 saturated carbocycles. The molecule has 1 aliphatic rings. The van der Waals surface area contributed by atoms with Gasteiger partial charge in [-0.1, -0.05) is 0 Å². The molecular formula is C10H14FN3. The van der Waals surface area contributed by atoms with Crippen molar-refractivity contribution in [3.8, 4) is 0 Å². The molecule has 0 bridgehead atoms. The summed E-state index contributed by atoms with van der Waals surface area (Å²) in [5.41, 5.74) is 5.03. The van der Waals surface area contributed by atoms with Gasteiger partial charge < -0.3 is 5.73 Å². The van der Waals surface area contributed by atoms with Crippen LogP contribution in [-0.4, -0.2) is 16.0 Å². The zero-order chi connectivity index (χ0) is 10.0. The van der Waals surface area contributed by atoms with Gasteiger partial charge in [0.2, 0.25) is 0 Å². The minimum atomic E-state index is -1.31. The van der Waals surface area contributed by atoms with Crippen LogP contribution in [-0.2, 0) is 5.67 Å². The number of rotatable bonds is 1. The summed E-state index contributed by atoms with van der Waals surface area (Å²) in [6.07, 6.45) is 7.19. The number of nitrogens with zero attached hydrogens (tertiary/aromatic N) is 2. The molecule has 14 heavy (non-hydrogen) atoms. The SMILES string of the molecule is NC1CCCC(F)(c2cncnc2)C1. The molecule has 2 unspecified atom stereocenters. The van der Waals surface area contributed by atoms with Crippen molar-refractivity contribution in [1.82, 2.24) is 9.97 Å². The first kappa shape index (κ1) is 9.52. The van der Waals surface area contributed by atoms with Gasteiger partial charge >= 0.3 is 0 Å². The highest BCUT2D eigenvalue weighted by molar-refractivity contribution is 5.16. The third-order valence-electron chi connectivity index (χ3n) is 2.81. The molecule has 1 aromatic rings. The van der Waals surface area contributed by atoms with Gasteiger partial charge in [0.25, 0.3) is 0 Å². The van der Waals surface area contributed by atoms with E-state index in [2.05, 4.69) is 9.97 Å². The van der Waals surface area contributed by atoms with Crippen LogP contribution in [0.1, 0.15) is 31.2 Å². The Bertz CT molecular complexity index is 303. The number of halogens is 1. The molecule has 2 atom stereocenters. The van der Waals surface area contributed by atoms with E-state index in [4.69, 9.17) is 5.73 Å². The fourth-order valence-corrected chi connectivity index (χ4v) is 2.06. The van der Waals surface area contributed by atoms with Crippen LogP contribution in [0.3, 0.4) is 0 Å². The Kier molecular flexibility index (Phi) is 2.46. The maximum Gasteiger partial charge on any atom is 0.140 e. The normalized spacial score (nSPS) is 32.9. The quantitative estimate of drug-likeness (QED) is 0.739. The molecule has 2 N–H and O–H groups in total. The Labute approximate surface area is 82.6 Å². The predicted molar refractivity (Wildman–Crippen MR) is 51.3 cm³/mol. The molecule has 1 heterocycles. The highest BCUT2D eigenvalue weighted by atomic mass is 19.1. The van der Waals surface area contributed by atoms with Crippen molar-refractivity contribution in [2.75, 3.05) is 0 Å². The summed E-state index contributed by atoms with van der Waals surface area (Å²) >= 11 is 0. The number of alkyl halides is 1.